The van der Waals surface area contributed by atoms with Crippen molar-refractivity contribution in [1.29, 1.82) is 0 Å². The van der Waals surface area contributed by atoms with Crippen molar-refractivity contribution in [2.75, 3.05) is 13.1 Å². The summed E-state index contributed by atoms with van der Waals surface area (Å²) in [5.41, 5.74) is 0. The van der Waals surface area contributed by atoms with E-state index in [2.05, 4.69) is 4.74 Å². The Bertz CT molecular complexity index is 157. The molecule has 50 valence electrons. The molecule has 9 heavy (non-hydrogen) atoms. The summed E-state index contributed by atoms with van der Waals surface area (Å²) in [6.45, 7) is 2.98. The second-order valence-corrected chi connectivity index (χ2v) is 2.10. The second kappa shape index (κ2) is 2.31. The molecule has 0 atom stereocenters. The maximum atomic E-state index is 10.5. The van der Waals surface area contributed by atoms with Crippen molar-refractivity contribution in [3.8, 4) is 0 Å². The quantitative estimate of drug-likeness (QED) is 0.388. The molecule has 0 aromatic rings. The van der Waals surface area contributed by atoms with Gasteiger partial charge < -0.3 is 9.64 Å². The highest BCUT2D eigenvalue weighted by Gasteiger charge is 2.23. The zero-order valence-corrected chi connectivity index (χ0v) is 5.90. The molecule has 1 aliphatic heterocycles. The summed E-state index contributed by atoms with van der Waals surface area (Å²) in [5.74, 6) is -0.248. The Morgan fingerprint density at radius 1 is 1.89 bits per heavy atom. The minimum atomic E-state index is -0.248. The maximum absolute atomic E-state index is 10.5. The molecule has 1 heterocycles. The molecule has 0 N–H and O–H groups in total. The normalized spacial score (nSPS) is 18.6. The third-order valence-electron chi connectivity index (χ3n) is 1.16. The van der Waals surface area contributed by atoms with E-state index in [1.165, 1.54) is 0 Å². The molecule has 0 amide bonds. The fraction of sp³-hybridized carbons (Fsp3) is 0.600. The molecule has 1 saturated heterocycles. The minimum absolute atomic E-state index is 0.248. The third kappa shape index (κ3) is 1.18. The number of esters is 1. The van der Waals surface area contributed by atoms with Gasteiger partial charge in [-0.1, -0.05) is 0 Å². The molecule has 0 bridgehead atoms. The molecule has 4 heteroatoms. The summed E-state index contributed by atoms with van der Waals surface area (Å²) in [4.78, 5) is 12.2. The molecule has 1 aliphatic rings. The van der Waals surface area contributed by atoms with Crippen molar-refractivity contribution in [3.05, 3.63) is 0 Å². The maximum Gasteiger partial charge on any atom is 0.332 e. The molecular formula is C5H7NO2S. The van der Waals surface area contributed by atoms with E-state index in [1.54, 1.807) is 4.90 Å². The highest BCUT2D eigenvalue weighted by molar-refractivity contribution is 7.80. The Morgan fingerprint density at radius 2 is 2.56 bits per heavy atom. The van der Waals surface area contributed by atoms with Gasteiger partial charge in [0.2, 0.25) is 0 Å². The van der Waals surface area contributed by atoms with Crippen LogP contribution in [-0.2, 0) is 9.53 Å². The van der Waals surface area contributed by atoms with E-state index in [-0.39, 0.29) is 5.97 Å². The van der Waals surface area contributed by atoms with Crippen molar-refractivity contribution in [2.45, 2.75) is 6.92 Å². The van der Waals surface area contributed by atoms with E-state index in [0.717, 1.165) is 6.54 Å². The smallest absolute Gasteiger partial charge is 0.332 e. The van der Waals surface area contributed by atoms with Crippen LogP contribution in [0, 0.1) is 0 Å². The number of cyclic esters (lactones) is 1. The lowest BCUT2D eigenvalue weighted by Gasteiger charge is -2.07. The van der Waals surface area contributed by atoms with E-state index in [4.69, 9.17) is 12.2 Å². The number of rotatable bonds is 1. The van der Waals surface area contributed by atoms with Gasteiger partial charge in [0.15, 0.2) is 0 Å². The molecule has 0 aromatic carbocycles. The van der Waals surface area contributed by atoms with Crippen LogP contribution in [0.2, 0.25) is 0 Å². The fourth-order valence-corrected chi connectivity index (χ4v) is 0.942. The van der Waals surface area contributed by atoms with Crippen LogP contribution in [0.3, 0.4) is 0 Å². The number of nitrogens with zero attached hydrogens (tertiary/aromatic N) is 1. The topological polar surface area (TPSA) is 29.5 Å². The molecule has 0 radical (unpaired) electrons. The van der Waals surface area contributed by atoms with E-state index in [0.29, 0.717) is 11.7 Å². The van der Waals surface area contributed by atoms with Crippen molar-refractivity contribution in [3.63, 3.8) is 0 Å². The number of carbonyl (C=O) groups is 1. The number of carbonyl (C=O) groups excluding carboxylic acids is 1. The van der Waals surface area contributed by atoms with E-state index >= 15 is 0 Å². The zero-order chi connectivity index (χ0) is 6.85. The average molecular weight is 145 g/mol. The summed E-state index contributed by atoms with van der Waals surface area (Å²) in [6.07, 6.45) is 0. The largest absolute Gasteiger partial charge is 0.398 e. The summed E-state index contributed by atoms with van der Waals surface area (Å²) in [7, 11) is 0. The van der Waals surface area contributed by atoms with Gasteiger partial charge in [0, 0.05) is 6.54 Å². The highest BCUT2D eigenvalue weighted by atomic mass is 32.1. The predicted octanol–water partition coefficient (Wildman–Crippen LogP) is 0.150. The standard InChI is InChI=1S/C5H7NO2S/c1-2-6-3-4(7)8-5(6)9/h2-3H2,1H3. The highest BCUT2D eigenvalue weighted by Crippen LogP contribution is 2.03. The molecule has 3 nitrogen and oxygen atoms in total. The van der Waals surface area contributed by atoms with Crippen molar-refractivity contribution < 1.29 is 9.53 Å². The predicted molar refractivity (Wildman–Crippen MR) is 35.9 cm³/mol. The number of hydrogen-bond donors (Lipinski definition) is 0. The van der Waals surface area contributed by atoms with E-state index in [9.17, 15) is 4.79 Å². The number of hydrogen-bond acceptors (Lipinski definition) is 3. The van der Waals surface area contributed by atoms with Crippen LogP contribution in [0.4, 0.5) is 0 Å². The molecule has 0 saturated carbocycles. The molecule has 0 unspecified atom stereocenters. The van der Waals surface area contributed by atoms with Crippen LogP contribution < -0.4 is 0 Å². The van der Waals surface area contributed by atoms with Crippen LogP contribution in [0.25, 0.3) is 0 Å². The lowest BCUT2D eigenvalue weighted by atomic mass is 10.6. The second-order valence-electron chi connectivity index (χ2n) is 1.75. The number of likely N-dealkylation sites (N-methyl/N-ethyl adjacent to an activating group) is 1. The van der Waals surface area contributed by atoms with Crippen molar-refractivity contribution in [1.82, 2.24) is 4.90 Å². The molecule has 1 fully saturated rings. The number of ether oxygens (including phenoxy) is 1. The zero-order valence-electron chi connectivity index (χ0n) is 5.09. The lowest BCUT2D eigenvalue weighted by molar-refractivity contribution is -0.132. The van der Waals surface area contributed by atoms with Gasteiger partial charge in [0.25, 0.3) is 5.17 Å². The van der Waals surface area contributed by atoms with Gasteiger partial charge in [-0.2, -0.15) is 0 Å². The Kier molecular flexibility index (Phi) is 1.66. The van der Waals surface area contributed by atoms with E-state index < -0.39 is 0 Å². The summed E-state index contributed by atoms with van der Waals surface area (Å²) in [6, 6.07) is 0. The first-order valence-corrected chi connectivity index (χ1v) is 3.14. The average Bonchev–Trinajstić information content (AvgIpc) is 2.10. The summed E-state index contributed by atoms with van der Waals surface area (Å²) in [5, 5.41) is 0.308. The first-order chi connectivity index (χ1) is 4.24. The van der Waals surface area contributed by atoms with Crippen LogP contribution in [0.1, 0.15) is 6.92 Å². The van der Waals surface area contributed by atoms with Gasteiger partial charge in [0.1, 0.15) is 6.54 Å². The Hall–Kier alpha value is -0.640. The molecule has 0 aliphatic carbocycles. The minimum Gasteiger partial charge on any atom is -0.398 e. The summed E-state index contributed by atoms with van der Waals surface area (Å²) < 4.78 is 4.58. The van der Waals surface area contributed by atoms with E-state index in [1.807, 2.05) is 6.92 Å². The van der Waals surface area contributed by atoms with Crippen molar-refractivity contribution in [2.24, 2.45) is 0 Å². The van der Waals surface area contributed by atoms with Gasteiger partial charge >= 0.3 is 5.97 Å². The van der Waals surface area contributed by atoms with Gasteiger partial charge in [-0.15, -0.1) is 0 Å². The fourth-order valence-electron chi connectivity index (χ4n) is 0.655. The number of thiocarbonyl (C=S) groups is 1. The molecule has 0 spiro atoms. The van der Waals surface area contributed by atoms with Crippen LogP contribution in [0.15, 0.2) is 0 Å². The monoisotopic (exact) mass is 145 g/mol. The Morgan fingerprint density at radius 3 is 2.78 bits per heavy atom. The first-order valence-electron chi connectivity index (χ1n) is 2.73. The SMILES string of the molecule is CCN1CC(=O)OC1=S. The van der Waals surface area contributed by atoms with Crippen molar-refractivity contribution >= 4 is 23.4 Å². The Labute approximate surface area is 58.6 Å². The van der Waals surface area contributed by atoms with Crippen LogP contribution in [0.5, 0.6) is 0 Å². The molecule has 1 rings (SSSR count). The molecule has 0 aromatic heterocycles. The lowest BCUT2D eigenvalue weighted by Crippen LogP contribution is -2.23. The van der Waals surface area contributed by atoms with Gasteiger partial charge in [-0.25, -0.2) is 4.79 Å². The summed E-state index contributed by atoms with van der Waals surface area (Å²) >= 11 is 4.70. The molecular weight excluding hydrogens is 138 g/mol. The van der Waals surface area contributed by atoms with Gasteiger partial charge in [-0.3, -0.25) is 0 Å². The third-order valence-corrected chi connectivity index (χ3v) is 1.50. The van der Waals surface area contributed by atoms with Crippen LogP contribution >= 0.6 is 12.2 Å². The first kappa shape index (κ1) is 6.48. The Balaban J connectivity index is 2.58. The van der Waals surface area contributed by atoms with Gasteiger partial charge in [-0.05, 0) is 19.1 Å². The van der Waals surface area contributed by atoms with Gasteiger partial charge in [0.05, 0.1) is 0 Å². The van der Waals surface area contributed by atoms with Crippen LogP contribution in [-0.4, -0.2) is 29.1 Å².